The van der Waals surface area contributed by atoms with Gasteiger partial charge in [0.1, 0.15) is 0 Å². The van der Waals surface area contributed by atoms with E-state index in [1.807, 2.05) is 0 Å². The van der Waals surface area contributed by atoms with E-state index >= 15 is 0 Å². The summed E-state index contributed by atoms with van der Waals surface area (Å²) < 4.78 is 4.90. The second-order valence-electron chi connectivity index (χ2n) is 4.34. The molecule has 0 aromatic carbocycles. The third-order valence-corrected chi connectivity index (χ3v) is 2.50. The van der Waals surface area contributed by atoms with Crippen molar-refractivity contribution in [3.05, 3.63) is 11.7 Å². The number of aliphatic carboxylic acids is 1. The smallest absolute Gasteiger partial charge is 0.317 e. The topological polar surface area (TPSA) is 109 Å². The molecule has 1 aromatic rings. The Hall–Kier alpha value is -2.12. The Kier molecular flexibility index (Phi) is 5.28. The summed E-state index contributed by atoms with van der Waals surface area (Å²) in [5.41, 5.74) is 0. The number of amides is 2. The number of nitrogens with zero attached hydrogens (tertiary/aromatic N) is 3. The molecule has 106 valence electrons. The molecule has 0 aliphatic rings. The predicted molar refractivity (Wildman–Crippen MR) is 65.6 cm³/mol. The van der Waals surface area contributed by atoms with Gasteiger partial charge in [0.15, 0.2) is 5.82 Å². The normalized spacial score (nSPS) is 11.9. The lowest BCUT2D eigenvalue weighted by Gasteiger charge is -2.19. The number of nitrogens with one attached hydrogen (secondary N) is 1. The predicted octanol–water partition coefficient (Wildman–Crippen LogP) is 0.283. The molecular weight excluding hydrogens is 252 g/mol. The SMILES string of the molecule is Cc1noc(CCNC(=O)N(C)CC(C)C(=O)O)n1. The second kappa shape index (κ2) is 6.72. The third kappa shape index (κ3) is 4.94. The number of carboxylic acids is 1. The monoisotopic (exact) mass is 270 g/mol. The van der Waals surface area contributed by atoms with E-state index in [2.05, 4.69) is 15.5 Å². The summed E-state index contributed by atoms with van der Waals surface area (Å²) in [6.45, 7) is 3.77. The number of carboxylic acid groups (broad SMARTS) is 1. The van der Waals surface area contributed by atoms with E-state index < -0.39 is 11.9 Å². The Morgan fingerprint density at radius 1 is 1.53 bits per heavy atom. The van der Waals surface area contributed by atoms with Crippen molar-refractivity contribution in [2.24, 2.45) is 5.92 Å². The summed E-state index contributed by atoms with van der Waals surface area (Å²) in [5, 5.41) is 15.0. The maximum Gasteiger partial charge on any atom is 0.317 e. The molecule has 2 N–H and O–H groups in total. The average Bonchev–Trinajstić information content (AvgIpc) is 2.74. The Morgan fingerprint density at radius 2 is 2.21 bits per heavy atom. The molecule has 0 aliphatic heterocycles. The average molecular weight is 270 g/mol. The number of carbonyl (C=O) groups excluding carboxylic acids is 1. The van der Waals surface area contributed by atoms with Crippen LogP contribution >= 0.6 is 0 Å². The fourth-order valence-corrected chi connectivity index (χ4v) is 1.42. The van der Waals surface area contributed by atoms with Gasteiger partial charge in [-0.05, 0) is 6.92 Å². The molecule has 0 fully saturated rings. The van der Waals surface area contributed by atoms with E-state index in [0.29, 0.717) is 24.7 Å². The van der Waals surface area contributed by atoms with Crippen LogP contribution in [0.3, 0.4) is 0 Å². The van der Waals surface area contributed by atoms with E-state index in [4.69, 9.17) is 9.63 Å². The third-order valence-electron chi connectivity index (χ3n) is 2.50. The van der Waals surface area contributed by atoms with Gasteiger partial charge in [-0.2, -0.15) is 4.98 Å². The van der Waals surface area contributed by atoms with Crippen LogP contribution in [0.15, 0.2) is 4.52 Å². The zero-order valence-corrected chi connectivity index (χ0v) is 11.2. The van der Waals surface area contributed by atoms with Crippen LogP contribution < -0.4 is 5.32 Å². The Labute approximate surface area is 110 Å². The Morgan fingerprint density at radius 3 is 2.74 bits per heavy atom. The molecule has 19 heavy (non-hydrogen) atoms. The maximum atomic E-state index is 11.7. The van der Waals surface area contributed by atoms with Crippen molar-refractivity contribution in [1.82, 2.24) is 20.4 Å². The van der Waals surface area contributed by atoms with Crippen molar-refractivity contribution >= 4 is 12.0 Å². The molecule has 0 saturated heterocycles. The molecule has 0 saturated carbocycles. The minimum Gasteiger partial charge on any atom is -0.481 e. The molecule has 8 nitrogen and oxygen atoms in total. The first kappa shape index (κ1) is 14.9. The van der Waals surface area contributed by atoms with Gasteiger partial charge in [-0.1, -0.05) is 12.1 Å². The quantitative estimate of drug-likeness (QED) is 0.768. The number of hydrogen-bond donors (Lipinski definition) is 2. The van der Waals surface area contributed by atoms with Gasteiger partial charge >= 0.3 is 12.0 Å². The second-order valence-corrected chi connectivity index (χ2v) is 4.34. The molecule has 1 unspecified atom stereocenters. The first-order chi connectivity index (χ1) is 8.90. The Balaban J connectivity index is 2.28. The molecule has 1 heterocycles. The number of carbonyl (C=O) groups is 2. The van der Waals surface area contributed by atoms with Crippen molar-refractivity contribution in [1.29, 1.82) is 0 Å². The minimum absolute atomic E-state index is 0.154. The molecule has 1 rings (SSSR count). The van der Waals surface area contributed by atoms with Crippen molar-refractivity contribution in [3.8, 4) is 0 Å². The van der Waals surface area contributed by atoms with Gasteiger partial charge in [-0.3, -0.25) is 4.79 Å². The molecule has 0 aliphatic carbocycles. The highest BCUT2D eigenvalue weighted by Crippen LogP contribution is 1.99. The number of hydrogen-bond acceptors (Lipinski definition) is 5. The summed E-state index contributed by atoms with van der Waals surface area (Å²) in [6, 6.07) is -0.329. The largest absolute Gasteiger partial charge is 0.481 e. The molecule has 0 radical (unpaired) electrons. The van der Waals surface area contributed by atoms with Crippen LogP contribution in [0.25, 0.3) is 0 Å². The lowest BCUT2D eigenvalue weighted by Crippen LogP contribution is -2.41. The van der Waals surface area contributed by atoms with E-state index in [-0.39, 0.29) is 12.6 Å². The summed E-state index contributed by atoms with van der Waals surface area (Å²) in [6.07, 6.45) is 0.439. The van der Waals surface area contributed by atoms with Gasteiger partial charge in [0, 0.05) is 26.6 Å². The molecule has 2 amide bonds. The van der Waals surface area contributed by atoms with Gasteiger partial charge in [-0.25, -0.2) is 4.79 Å². The number of rotatable bonds is 6. The molecule has 1 aromatic heterocycles. The van der Waals surface area contributed by atoms with Gasteiger partial charge in [0.05, 0.1) is 5.92 Å². The van der Waals surface area contributed by atoms with E-state index in [0.717, 1.165) is 0 Å². The zero-order valence-electron chi connectivity index (χ0n) is 11.2. The molecule has 0 spiro atoms. The summed E-state index contributed by atoms with van der Waals surface area (Å²) >= 11 is 0. The van der Waals surface area contributed by atoms with Gasteiger partial charge in [-0.15, -0.1) is 0 Å². The first-order valence-corrected chi connectivity index (χ1v) is 5.91. The molecule has 8 heteroatoms. The fourth-order valence-electron chi connectivity index (χ4n) is 1.42. The van der Waals surface area contributed by atoms with Gasteiger partial charge in [0.2, 0.25) is 5.89 Å². The van der Waals surface area contributed by atoms with Gasteiger partial charge in [0.25, 0.3) is 0 Å². The van der Waals surface area contributed by atoms with Crippen LogP contribution in [0.5, 0.6) is 0 Å². The highest BCUT2D eigenvalue weighted by Gasteiger charge is 2.17. The fraction of sp³-hybridized carbons (Fsp3) is 0.636. The van der Waals surface area contributed by atoms with Crippen LogP contribution in [0.1, 0.15) is 18.6 Å². The first-order valence-electron chi connectivity index (χ1n) is 5.91. The van der Waals surface area contributed by atoms with Crippen LogP contribution in [-0.4, -0.2) is 52.3 Å². The highest BCUT2D eigenvalue weighted by molar-refractivity contribution is 5.75. The maximum absolute atomic E-state index is 11.7. The lowest BCUT2D eigenvalue weighted by atomic mass is 10.2. The van der Waals surface area contributed by atoms with Crippen LogP contribution in [-0.2, 0) is 11.2 Å². The van der Waals surface area contributed by atoms with Crippen molar-refractivity contribution in [2.75, 3.05) is 20.1 Å². The van der Waals surface area contributed by atoms with Crippen molar-refractivity contribution in [3.63, 3.8) is 0 Å². The summed E-state index contributed by atoms with van der Waals surface area (Å²) in [7, 11) is 1.55. The Bertz CT molecular complexity index is 446. The van der Waals surface area contributed by atoms with Crippen molar-refractivity contribution < 1.29 is 19.2 Å². The summed E-state index contributed by atoms with van der Waals surface area (Å²) in [5.74, 6) is -0.525. The van der Waals surface area contributed by atoms with E-state index in [9.17, 15) is 9.59 Å². The van der Waals surface area contributed by atoms with E-state index in [1.165, 1.54) is 4.90 Å². The molecule has 0 bridgehead atoms. The number of aryl methyl sites for hydroxylation is 1. The van der Waals surface area contributed by atoms with Gasteiger partial charge < -0.3 is 19.8 Å². The number of aromatic nitrogens is 2. The standard InChI is InChI=1S/C11H18N4O4/c1-7(10(16)17)6-15(3)11(18)12-5-4-9-13-8(2)14-19-9/h7H,4-6H2,1-3H3,(H,12,18)(H,16,17). The zero-order chi connectivity index (χ0) is 14.4. The summed E-state index contributed by atoms with van der Waals surface area (Å²) in [4.78, 5) is 27.7. The highest BCUT2D eigenvalue weighted by atomic mass is 16.5. The lowest BCUT2D eigenvalue weighted by molar-refractivity contribution is -0.141. The van der Waals surface area contributed by atoms with Crippen LogP contribution in [0.2, 0.25) is 0 Å². The van der Waals surface area contributed by atoms with Crippen LogP contribution in [0, 0.1) is 12.8 Å². The van der Waals surface area contributed by atoms with Crippen molar-refractivity contribution in [2.45, 2.75) is 20.3 Å². The number of urea groups is 1. The minimum atomic E-state index is -0.930. The molecule has 1 atom stereocenters. The molecular formula is C11H18N4O4. The van der Waals surface area contributed by atoms with Crippen LogP contribution in [0.4, 0.5) is 4.79 Å². The van der Waals surface area contributed by atoms with E-state index in [1.54, 1.807) is 20.9 Å².